The van der Waals surface area contributed by atoms with Crippen LogP contribution in [0.15, 0.2) is 30.4 Å². The molecule has 0 saturated carbocycles. The van der Waals surface area contributed by atoms with Crippen LogP contribution in [0.4, 0.5) is 5.69 Å². The van der Waals surface area contributed by atoms with E-state index in [1.807, 2.05) is 32.0 Å². The summed E-state index contributed by atoms with van der Waals surface area (Å²) in [6.07, 6.45) is 0. The van der Waals surface area contributed by atoms with Crippen molar-refractivity contribution in [3.8, 4) is 6.07 Å². The second kappa shape index (κ2) is 4.48. The van der Waals surface area contributed by atoms with Crippen LogP contribution >= 0.6 is 0 Å². The molecule has 0 aliphatic rings. The number of rotatable bonds is 3. The zero-order chi connectivity index (χ0) is 10.6. The van der Waals surface area contributed by atoms with Crippen molar-refractivity contribution in [2.24, 2.45) is 0 Å². The molecule has 0 bridgehead atoms. The third-order valence-electron chi connectivity index (χ3n) is 1.97. The van der Waals surface area contributed by atoms with E-state index in [4.69, 9.17) is 5.26 Å². The lowest BCUT2D eigenvalue weighted by Gasteiger charge is -2.09. The number of nitrogens with zero attached hydrogens (tertiary/aromatic N) is 1. The molecule has 0 unspecified atom stereocenters. The van der Waals surface area contributed by atoms with Gasteiger partial charge in [0.1, 0.15) is 6.07 Å². The third kappa shape index (κ3) is 2.37. The summed E-state index contributed by atoms with van der Waals surface area (Å²) in [5.74, 6) is 0. The predicted octanol–water partition coefficient (Wildman–Crippen LogP) is 2.85. The van der Waals surface area contributed by atoms with Crippen LogP contribution in [0.1, 0.15) is 18.1 Å². The Labute approximate surface area is 84.9 Å². The molecule has 72 valence electrons. The SMILES string of the molecule is C=C(C)CNc1cccc(C)c1C#N. The van der Waals surface area contributed by atoms with Crippen molar-refractivity contribution >= 4 is 5.69 Å². The molecule has 2 nitrogen and oxygen atoms in total. The molecule has 0 aromatic heterocycles. The highest BCUT2D eigenvalue weighted by Crippen LogP contribution is 2.18. The smallest absolute Gasteiger partial charge is 0.102 e. The molecule has 0 radical (unpaired) electrons. The van der Waals surface area contributed by atoms with E-state index in [2.05, 4.69) is 18.0 Å². The molecule has 1 rings (SSSR count). The van der Waals surface area contributed by atoms with Crippen molar-refractivity contribution in [3.05, 3.63) is 41.5 Å². The van der Waals surface area contributed by atoms with E-state index in [-0.39, 0.29) is 0 Å². The highest BCUT2D eigenvalue weighted by Gasteiger charge is 2.03. The molecule has 0 saturated heterocycles. The second-order valence-corrected chi connectivity index (χ2v) is 3.42. The Bertz CT molecular complexity index is 386. The lowest BCUT2D eigenvalue weighted by atomic mass is 10.1. The van der Waals surface area contributed by atoms with Crippen molar-refractivity contribution in [3.63, 3.8) is 0 Å². The molecular weight excluding hydrogens is 172 g/mol. The Hall–Kier alpha value is -1.75. The van der Waals surface area contributed by atoms with Crippen molar-refractivity contribution in [2.45, 2.75) is 13.8 Å². The van der Waals surface area contributed by atoms with Gasteiger partial charge in [-0.2, -0.15) is 5.26 Å². The summed E-state index contributed by atoms with van der Waals surface area (Å²) in [5.41, 5.74) is 3.65. The van der Waals surface area contributed by atoms with Crippen LogP contribution in [0.3, 0.4) is 0 Å². The summed E-state index contributed by atoms with van der Waals surface area (Å²) in [6.45, 7) is 8.40. The lowest BCUT2D eigenvalue weighted by Crippen LogP contribution is -2.04. The van der Waals surface area contributed by atoms with E-state index in [0.717, 1.165) is 16.8 Å². The number of benzene rings is 1. The monoisotopic (exact) mass is 186 g/mol. The van der Waals surface area contributed by atoms with Crippen molar-refractivity contribution in [2.75, 3.05) is 11.9 Å². The Morgan fingerprint density at radius 2 is 2.29 bits per heavy atom. The first kappa shape index (κ1) is 10.3. The van der Waals surface area contributed by atoms with Crippen LogP contribution in [-0.2, 0) is 0 Å². The Morgan fingerprint density at radius 1 is 1.57 bits per heavy atom. The number of nitriles is 1. The molecule has 0 heterocycles. The summed E-state index contributed by atoms with van der Waals surface area (Å²) >= 11 is 0. The summed E-state index contributed by atoms with van der Waals surface area (Å²) in [4.78, 5) is 0. The Kier molecular flexibility index (Phi) is 3.30. The zero-order valence-electron chi connectivity index (χ0n) is 8.59. The second-order valence-electron chi connectivity index (χ2n) is 3.42. The molecule has 1 aromatic rings. The fourth-order valence-electron chi connectivity index (χ4n) is 1.21. The van der Waals surface area contributed by atoms with Gasteiger partial charge in [0.05, 0.1) is 11.3 Å². The average molecular weight is 186 g/mol. The normalized spacial score (nSPS) is 9.21. The Morgan fingerprint density at radius 3 is 2.86 bits per heavy atom. The lowest BCUT2D eigenvalue weighted by molar-refractivity contribution is 1.21. The van der Waals surface area contributed by atoms with Crippen molar-refractivity contribution in [1.29, 1.82) is 5.26 Å². The summed E-state index contributed by atoms with van der Waals surface area (Å²) in [6, 6.07) is 7.98. The number of anilines is 1. The van der Waals surface area contributed by atoms with Gasteiger partial charge in [0.2, 0.25) is 0 Å². The van der Waals surface area contributed by atoms with Crippen molar-refractivity contribution in [1.82, 2.24) is 0 Å². The molecule has 0 aliphatic carbocycles. The predicted molar refractivity (Wildman–Crippen MR) is 59.2 cm³/mol. The van der Waals surface area contributed by atoms with Crippen LogP contribution in [0.25, 0.3) is 0 Å². The van der Waals surface area contributed by atoms with E-state index in [9.17, 15) is 0 Å². The van der Waals surface area contributed by atoms with E-state index < -0.39 is 0 Å². The van der Waals surface area contributed by atoms with Gasteiger partial charge in [-0.25, -0.2) is 0 Å². The fourth-order valence-corrected chi connectivity index (χ4v) is 1.21. The average Bonchev–Trinajstić information content (AvgIpc) is 2.14. The van der Waals surface area contributed by atoms with Crippen LogP contribution in [-0.4, -0.2) is 6.54 Å². The molecule has 1 N–H and O–H groups in total. The van der Waals surface area contributed by atoms with Gasteiger partial charge in [-0.3, -0.25) is 0 Å². The molecule has 2 heteroatoms. The first-order chi connectivity index (χ1) is 6.65. The minimum Gasteiger partial charge on any atom is -0.380 e. The van der Waals surface area contributed by atoms with Gasteiger partial charge in [0.15, 0.2) is 0 Å². The first-order valence-electron chi connectivity index (χ1n) is 4.53. The quantitative estimate of drug-likeness (QED) is 0.737. The van der Waals surface area contributed by atoms with E-state index in [0.29, 0.717) is 12.1 Å². The number of aryl methyl sites for hydroxylation is 1. The van der Waals surface area contributed by atoms with Gasteiger partial charge in [-0.05, 0) is 25.5 Å². The van der Waals surface area contributed by atoms with Gasteiger partial charge in [-0.15, -0.1) is 0 Å². The Balaban J connectivity index is 2.92. The molecule has 0 spiro atoms. The maximum Gasteiger partial charge on any atom is 0.102 e. The molecule has 14 heavy (non-hydrogen) atoms. The van der Waals surface area contributed by atoms with Crippen LogP contribution in [0.2, 0.25) is 0 Å². The highest BCUT2D eigenvalue weighted by molar-refractivity contribution is 5.60. The highest BCUT2D eigenvalue weighted by atomic mass is 14.9. The number of hydrogen-bond donors (Lipinski definition) is 1. The third-order valence-corrected chi connectivity index (χ3v) is 1.97. The van der Waals surface area contributed by atoms with Crippen molar-refractivity contribution < 1.29 is 0 Å². The van der Waals surface area contributed by atoms with Gasteiger partial charge < -0.3 is 5.32 Å². The first-order valence-corrected chi connectivity index (χ1v) is 4.53. The van der Waals surface area contributed by atoms with Crippen LogP contribution in [0, 0.1) is 18.3 Å². The molecule has 0 atom stereocenters. The number of hydrogen-bond acceptors (Lipinski definition) is 2. The molecule has 0 aliphatic heterocycles. The zero-order valence-corrected chi connectivity index (χ0v) is 8.59. The summed E-state index contributed by atoms with van der Waals surface area (Å²) in [5, 5.41) is 12.1. The topological polar surface area (TPSA) is 35.8 Å². The maximum absolute atomic E-state index is 8.95. The molecule has 1 aromatic carbocycles. The minimum atomic E-state index is 0.706. The summed E-state index contributed by atoms with van der Waals surface area (Å²) in [7, 11) is 0. The van der Waals surface area contributed by atoms with Gasteiger partial charge in [0.25, 0.3) is 0 Å². The van der Waals surface area contributed by atoms with E-state index in [1.165, 1.54) is 0 Å². The van der Waals surface area contributed by atoms with Gasteiger partial charge >= 0.3 is 0 Å². The van der Waals surface area contributed by atoms with E-state index >= 15 is 0 Å². The molecule has 0 fully saturated rings. The summed E-state index contributed by atoms with van der Waals surface area (Å²) < 4.78 is 0. The van der Waals surface area contributed by atoms with Gasteiger partial charge in [-0.1, -0.05) is 24.3 Å². The van der Waals surface area contributed by atoms with E-state index in [1.54, 1.807) is 0 Å². The maximum atomic E-state index is 8.95. The van der Waals surface area contributed by atoms with Gasteiger partial charge in [0, 0.05) is 6.54 Å². The molecular formula is C12H14N2. The van der Waals surface area contributed by atoms with Crippen LogP contribution in [0.5, 0.6) is 0 Å². The fraction of sp³-hybridized carbons (Fsp3) is 0.250. The largest absolute Gasteiger partial charge is 0.380 e. The minimum absolute atomic E-state index is 0.706. The standard InChI is InChI=1S/C12H14N2/c1-9(2)8-14-12-6-4-5-10(3)11(12)7-13/h4-6,14H,1,8H2,2-3H3. The number of nitrogens with one attached hydrogen (secondary N) is 1. The van der Waals surface area contributed by atoms with Crippen LogP contribution < -0.4 is 5.32 Å². The molecule has 0 amide bonds.